The number of halogens is 1. The van der Waals surface area contributed by atoms with Gasteiger partial charge < -0.3 is 10.4 Å². The van der Waals surface area contributed by atoms with Crippen molar-refractivity contribution >= 4 is 29.2 Å². The van der Waals surface area contributed by atoms with Crippen molar-refractivity contribution in [1.29, 1.82) is 0 Å². The predicted molar refractivity (Wildman–Crippen MR) is 75.3 cm³/mol. The van der Waals surface area contributed by atoms with Crippen LogP contribution in [0, 0.1) is 6.92 Å². The van der Waals surface area contributed by atoms with E-state index in [0.717, 1.165) is 5.69 Å². The van der Waals surface area contributed by atoms with Gasteiger partial charge in [-0.25, -0.2) is 4.79 Å². The maximum Gasteiger partial charge on any atom is 0.337 e. The summed E-state index contributed by atoms with van der Waals surface area (Å²) in [4.78, 5) is 27.1. The summed E-state index contributed by atoms with van der Waals surface area (Å²) in [7, 11) is 0. The Morgan fingerprint density at radius 1 is 1.25 bits per heavy atom. The minimum atomic E-state index is -1.16. The fourth-order valence-corrected chi connectivity index (χ4v) is 1.77. The molecular weight excluding hydrogens is 280 g/mol. The molecule has 20 heavy (non-hydrogen) atoms. The lowest BCUT2D eigenvalue weighted by Gasteiger charge is -2.08. The SMILES string of the molecule is Cc1ccc(C(=O)Nc2ccc(Cl)cc2C(=O)O)cn1. The van der Waals surface area contributed by atoms with Gasteiger partial charge in [0.25, 0.3) is 5.91 Å². The van der Waals surface area contributed by atoms with Crippen molar-refractivity contribution in [3.05, 3.63) is 58.4 Å². The number of aromatic nitrogens is 1. The molecule has 1 heterocycles. The van der Waals surface area contributed by atoms with Gasteiger partial charge in [0.2, 0.25) is 0 Å². The summed E-state index contributed by atoms with van der Waals surface area (Å²) in [6.07, 6.45) is 1.43. The Morgan fingerprint density at radius 2 is 2.00 bits per heavy atom. The topological polar surface area (TPSA) is 79.3 Å². The van der Waals surface area contributed by atoms with Crippen molar-refractivity contribution in [2.24, 2.45) is 0 Å². The van der Waals surface area contributed by atoms with Crippen LogP contribution in [-0.4, -0.2) is 22.0 Å². The average Bonchev–Trinajstić information content (AvgIpc) is 2.41. The van der Waals surface area contributed by atoms with Crippen LogP contribution in [0.5, 0.6) is 0 Å². The van der Waals surface area contributed by atoms with Gasteiger partial charge in [-0.15, -0.1) is 0 Å². The molecule has 0 aliphatic rings. The molecule has 0 saturated carbocycles. The Hall–Kier alpha value is -2.40. The predicted octanol–water partition coefficient (Wildman–Crippen LogP) is 2.99. The number of hydrogen-bond acceptors (Lipinski definition) is 3. The Kier molecular flexibility index (Phi) is 4.00. The molecule has 2 aromatic rings. The molecule has 6 heteroatoms. The average molecular weight is 291 g/mol. The lowest BCUT2D eigenvalue weighted by Crippen LogP contribution is -2.15. The third-order valence-electron chi connectivity index (χ3n) is 2.63. The third kappa shape index (κ3) is 3.13. The van der Waals surface area contributed by atoms with Crippen molar-refractivity contribution in [1.82, 2.24) is 4.98 Å². The fourth-order valence-electron chi connectivity index (χ4n) is 1.60. The quantitative estimate of drug-likeness (QED) is 0.911. The first kappa shape index (κ1) is 14.0. The van der Waals surface area contributed by atoms with E-state index in [4.69, 9.17) is 16.7 Å². The molecule has 0 aliphatic carbocycles. The van der Waals surface area contributed by atoms with Crippen molar-refractivity contribution in [3.8, 4) is 0 Å². The molecule has 2 rings (SSSR count). The number of nitrogens with one attached hydrogen (secondary N) is 1. The van der Waals surface area contributed by atoms with Crippen LogP contribution in [0.15, 0.2) is 36.5 Å². The van der Waals surface area contributed by atoms with Gasteiger partial charge in [0.05, 0.1) is 16.8 Å². The first-order valence-electron chi connectivity index (χ1n) is 5.74. The van der Waals surface area contributed by atoms with Crippen LogP contribution in [0.3, 0.4) is 0 Å². The Balaban J connectivity index is 2.28. The van der Waals surface area contributed by atoms with Crippen LogP contribution in [-0.2, 0) is 0 Å². The fraction of sp³-hybridized carbons (Fsp3) is 0.0714. The number of carbonyl (C=O) groups excluding carboxylic acids is 1. The number of amides is 1. The summed E-state index contributed by atoms with van der Waals surface area (Å²) in [6.45, 7) is 1.81. The molecule has 0 unspecified atom stereocenters. The summed E-state index contributed by atoms with van der Waals surface area (Å²) in [5.41, 5.74) is 1.26. The number of carboxylic acid groups (broad SMARTS) is 1. The van der Waals surface area contributed by atoms with E-state index in [1.807, 2.05) is 6.92 Å². The number of benzene rings is 1. The van der Waals surface area contributed by atoms with Gasteiger partial charge in [0, 0.05) is 16.9 Å². The largest absolute Gasteiger partial charge is 0.478 e. The van der Waals surface area contributed by atoms with Crippen LogP contribution in [0.1, 0.15) is 26.4 Å². The number of aromatic carboxylic acids is 1. The number of carboxylic acids is 1. The zero-order chi connectivity index (χ0) is 14.7. The molecular formula is C14H11ClN2O3. The Bertz CT molecular complexity index is 669. The van der Waals surface area contributed by atoms with Crippen molar-refractivity contribution in [3.63, 3.8) is 0 Å². The summed E-state index contributed by atoms with van der Waals surface area (Å²) in [6, 6.07) is 7.57. The van der Waals surface area contributed by atoms with E-state index in [1.165, 1.54) is 24.4 Å². The van der Waals surface area contributed by atoms with E-state index in [9.17, 15) is 9.59 Å². The van der Waals surface area contributed by atoms with Gasteiger partial charge in [0.1, 0.15) is 0 Å². The van der Waals surface area contributed by atoms with Crippen molar-refractivity contribution in [2.75, 3.05) is 5.32 Å². The monoisotopic (exact) mass is 290 g/mol. The van der Waals surface area contributed by atoms with E-state index >= 15 is 0 Å². The number of rotatable bonds is 3. The Morgan fingerprint density at radius 3 is 2.60 bits per heavy atom. The van der Waals surface area contributed by atoms with E-state index in [-0.39, 0.29) is 16.3 Å². The molecule has 1 aromatic heterocycles. The molecule has 2 N–H and O–H groups in total. The number of anilines is 1. The maximum absolute atomic E-state index is 12.0. The molecule has 0 spiro atoms. The van der Waals surface area contributed by atoms with Crippen LogP contribution < -0.4 is 5.32 Å². The van der Waals surface area contributed by atoms with E-state index in [2.05, 4.69) is 10.3 Å². The first-order chi connectivity index (χ1) is 9.47. The summed E-state index contributed by atoms with van der Waals surface area (Å²) < 4.78 is 0. The van der Waals surface area contributed by atoms with Crippen LogP contribution in [0.2, 0.25) is 5.02 Å². The highest BCUT2D eigenvalue weighted by Gasteiger charge is 2.14. The smallest absolute Gasteiger partial charge is 0.337 e. The number of aryl methyl sites for hydroxylation is 1. The Labute approximate surface area is 120 Å². The summed E-state index contributed by atoms with van der Waals surface area (Å²) in [5.74, 6) is -1.59. The minimum absolute atomic E-state index is 0.0640. The lowest BCUT2D eigenvalue weighted by atomic mass is 10.1. The van der Waals surface area contributed by atoms with Gasteiger partial charge in [-0.3, -0.25) is 9.78 Å². The number of pyridine rings is 1. The highest BCUT2D eigenvalue weighted by atomic mass is 35.5. The highest BCUT2D eigenvalue weighted by molar-refractivity contribution is 6.31. The second-order valence-corrected chi connectivity index (χ2v) is 4.57. The molecule has 0 fully saturated rings. The van der Waals surface area contributed by atoms with Gasteiger partial charge in [-0.05, 0) is 37.3 Å². The van der Waals surface area contributed by atoms with Gasteiger partial charge in [-0.2, -0.15) is 0 Å². The van der Waals surface area contributed by atoms with Crippen LogP contribution >= 0.6 is 11.6 Å². The number of hydrogen-bond donors (Lipinski definition) is 2. The molecule has 1 amide bonds. The number of carbonyl (C=O) groups is 2. The normalized spacial score (nSPS) is 10.1. The van der Waals surface area contributed by atoms with Gasteiger partial charge in [-0.1, -0.05) is 11.6 Å². The standard InChI is InChI=1S/C14H11ClN2O3/c1-8-2-3-9(7-16-8)13(18)17-12-5-4-10(15)6-11(12)14(19)20/h2-7H,1H3,(H,17,18)(H,19,20). The van der Waals surface area contributed by atoms with E-state index in [0.29, 0.717) is 5.56 Å². The molecule has 0 atom stereocenters. The first-order valence-corrected chi connectivity index (χ1v) is 6.12. The van der Waals surface area contributed by atoms with Gasteiger partial charge in [0.15, 0.2) is 0 Å². The molecule has 5 nitrogen and oxygen atoms in total. The second-order valence-electron chi connectivity index (χ2n) is 4.14. The van der Waals surface area contributed by atoms with Crippen LogP contribution in [0.4, 0.5) is 5.69 Å². The second kappa shape index (κ2) is 5.71. The summed E-state index contributed by atoms with van der Waals surface area (Å²) in [5, 5.41) is 11.9. The molecule has 0 saturated heterocycles. The molecule has 1 aromatic carbocycles. The highest BCUT2D eigenvalue weighted by Crippen LogP contribution is 2.21. The minimum Gasteiger partial charge on any atom is -0.478 e. The van der Waals surface area contributed by atoms with E-state index in [1.54, 1.807) is 12.1 Å². The molecule has 102 valence electrons. The lowest BCUT2D eigenvalue weighted by molar-refractivity contribution is 0.0698. The zero-order valence-electron chi connectivity index (χ0n) is 10.6. The molecule has 0 aliphatic heterocycles. The van der Waals surface area contributed by atoms with Crippen molar-refractivity contribution in [2.45, 2.75) is 6.92 Å². The molecule has 0 radical (unpaired) electrons. The van der Waals surface area contributed by atoms with Crippen LogP contribution in [0.25, 0.3) is 0 Å². The van der Waals surface area contributed by atoms with Gasteiger partial charge >= 0.3 is 5.97 Å². The van der Waals surface area contributed by atoms with Crippen molar-refractivity contribution < 1.29 is 14.7 Å². The van der Waals surface area contributed by atoms with E-state index < -0.39 is 11.9 Å². The zero-order valence-corrected chi connectivity index (χ0v) is 11.3. The number of nitrogens with zero attached hydrogens (tertiary/aromatic N) is 1. The summed E-state index contributed by atoms with van der Waals surface area (Å²) >= 11 is 5.75. The molecule has 0 bridgehead atoms. The maximum atomic E-state index is 12.0. The third-order valence-corrected chi connectivity index (χ3v) is 2.87.